The van der Waals surface area contributed by atoms with Gasteiger partial charge in [-0.3, -0.25) is 0 Å². The number of benzene rings is 1. The second-order valence-corrected chi connectivity index (χ2v) is 3.83. The third-order valence-electron chi connectivity index (χ3n) is 2.77. The van der Waals surface area contributed by atoms with Crippen molar-refractivity contribution in [3.05, 3.63) is 23.8 Å². The van der Waals surface area contributed by atoms with Gasteiger partial charge in [0.25, 0.3) is 0 Å². The van der Waals surface area contributed by atoms with Crippen LogP contribution in [0.5, 0.6) is 11.5 Å². The molecule has 0 radical (unpaired) electrons. The molecule has 2 heterocycles. The van der Waals surface area contributed by atoms with Crippen molar-refractivity contribution in [1.82, 2.24) is 5.16 Å². The second-order valence-electron chi connectivity index (χ2n) is 3.83. The van der Waals surface area contributed by atoms with Gasteiger partial charge in [0.1, 0.15) is 0 Å². The normalized spacial score (nSPS) is 13.0. The van der Waals surface area contributed by atoms with Crippen LogP contribution >= 0.6 is 0 Å². The molecule has 1 aliphatic heterocycles. The van der Waals surface area contributed by atoms with E-state index in [9.17, 15) is 0 Å². The number of nitrogens with two attached hydrogens (primary N) is 1. The molecule has 2 aromatic rings. The van der Waals surface area contributed by atoms with E-state index in [1.54, 1.807) is 6.07 Å². The quantitative estimate of drug-likeness (QED) is 0.859. The van der Waals surface area contributed by atoms with Gasteiger partial charge in [-0.2, -0.15) is 0 Å². The fourth-order valence-electron chi connectivity index (χ4n) is 1.92. The highest BCUT2D eigenvalue weighted by Crippen LogP contribution is 2.39. The van der Waals surface area contributed by atoms with Crippen LogP contribution in [0.25, 0.3) is 11.3 Å². The number of nitrogens with zero attached hydrogens (tertiary/aromatic N) is 1. The molecular formula is C12H12N2O3. The molecule has 0 bridgehead atoms. The SMILES string of the molecule is CCc1cc2c(cc1-c1cc(N)no1)OCO2. The average Bonchev–Trinajstić information content (AvgIpc) is 2.94. The highest BCUT2D eigenvalue weighted by Gasteiger charge is 2.19. The van der Waals surface area contributed by atoms with Crippen molar-refractivity contribution in [2.45, 2.75) is 13.3 Å². The molecule has 0 saturated heterocycles. The molecule has 0 amide bonds. The minimum atomic E-state index is 0.264. The van der Waals surface area contributed by atoms with Crippen LogP contribution in [-0.4, -0.2) is 11.9 Å². The van der Waals surface area contributed by atoms with Gasteiger partial charge in [0, 0.05) is 11.6 Å². The Bertz CT molecular complexity index is 563. The lowest BCUT2D eigenvalue weighted by Crippen LogP contribution is -1.92. The highest BCUT2D eigenvalue weighted by atomic mass is 16.7. The summed E-state index contributed by atoms with van der Waals surface area (Å²) in [7, 11) is 0. The Balaban J connectivity index is 2.15. The van der Waals surface area contributed by atoms with Gasteiger partial charge in [-0.25, -0.2) is 0 Å². The summed E-state index contributed by atoms with van der Waals surface area (Å²) in [4.78, 5) is 0. The zero-order valence-corrected chi connectivity index (χ0v) is 9.40. The Morgan fingerprint density at radius 3 is 2.65 bits per heavy atom. The van der Waals surface area contributed by atoms with E-state index in [0.717, 1.165) is 29.0 Å². The monoisotopic (exact) mass is 232 g/mol. The van der Waals surface area contributed by atoms with E-state index in [4.69, 9.17) is 19.7 Å². The van der Waals surface area contributed by atoms with Crippen molar-refractivity contribution in [2.24, 2.45) is 0 Å². The maximum absolute atomic E-state index is 5.56. The van der Waals surface area contributed by atoms with Crippen molar-refractivity contribution in [1.29, 1.82) is 0 Å². The van der Waals surface area contributed by atoms with Crippen LogP contribution < -0.4 is 15.2 Å². The zero-order chi connectivity index (χ0) is 11.8. The van der Waals surface area contributed by atoms with Crippen LogP contribution in [0, 0.1) is 0 Å². The van der Waals surface area contributed by atoms with E-state index in [2.05, 4.69) is 12.1 Å². The molecule has 3 rings (SSSR count). The molecule has 0 spiro atoms. The van der Waals surface area contributed by atoms with Gasteiger partial charge in [-0.1, -0.05) is 12.1 Å². The second kappa shape index (κ2) is 3.69. The van der Waals surface area contributed by atoms with Crippen molar-refractivity contribution >= 4 is 5.82 Å². The molecule has 88 valence electrons. The summed E-state index contributed by atoms with van der Waals surface area (Å²) in [6.07, 6.45) is 0.868. The molecule has 5 nitrogen and oxygen atoms in total. The van der Waals surface area contributed by atoms with Crippen LogP contribution in [-0.2, 0) is 6.42 Å². The first-order valence-corrected chi connectivity index (χ1v) is 5.43. The van der Waals surface area contributed by atoms with Crippen molar-refractivity contribution in [2.75, 3.05) is 12.5 Å². The average molecular weight is 232 g/mol. The molecule has 1 aromatic carbocycles. The van der Waals surface area contributed by atoms with Crippen LogP contribution in [0.4, 0.5) is 5.82 Å². The topological polar surface area (TPSA) is 70.5 Å². The standard InChI is InChI=1S/C12H12N2O3/c1-2-7-3-10-11(16-6-15-10)4-8(7)9-5-12(13)14-17-9/h3-5H,2,6H2,1H3,(H2,13,14). The van der Waals surface area contributed by atoms with E-state index in [1.807, 2.05) is 12.1 Å². The Kier molecular flexibility index (Phi) is 2.18. The summed E-state index contributed by atoms with van der Waals surface area (Å²) < 4.78 is 15.9. The Morgan fingerprint density at radius 1 is 1.24 bits per heavy atom. The molecular weight excluding hydrogens is 220 g/mol. The number of anilines is 1. The number of nitrogen functional groups attached to an aromatic ring is 1. The third kappa shape index (κ3) is 1.60. The Hall–Kier alpha value is -2.17. The number of hydrogen-bond donors (Lipinski definition) is 1. The van der Waals surface area contributed by atoms with Gasteiger partial charge < -0.3 is 19.7 Å². The summed E-state index contributed by atoms with van der Waals surface area (Å²) in [6.45, 7) is 2.33. The van der Waals surface area contributed by atoms with Crippen LogP contribution in [0.1, 0.15) is 12.5 Å². The number of rotatable bonds is 2. The number of ether oxygens (including phenoxy) is 2. The molecule has 0 saturated carbocycles. The first-order chi connectivity index (χ1) is 8.28. The van der Waals surface area contributed by atoms with Gasteiger partial charge in [0.2, 0.25) is 6.79 Å². The summed E-state index contributed by atoms with van der Waals surface area (Å²) in [5.74, 6) is 2.53. The fourth-order valence-corrected chi connectivity index (χ4v) is 1.92. The van der Waals surface area contributed by atoms with E-state index in [0.29, 0.717) is 11.6 Å². The summed E-state index contributed by atoms with van der Waals surface area (Å²) in [6, 6.07) is 5.58. The Labute approximate surface area is 98.1 Å². The largest absolute Gasteiger partial charge is 0.454 e. The summed E-state index contributed by atoms with van der Waals surface area (Å²) in [5.41, 5.74) is 7.62. The molecule has 5 heteroatoms. The van der Waals surface area contributed by atoms with Gasteiger partial charge in [-0.15, -0.1) is 0 Å². The van der Waals surface area contributed by atoms with Crippen LogP contribution in [0.3, 0.4) is 0 Å². The number of hydrogen-bond acceptors (Lipinski definition) is 5. The summed E-state index contributed by atoms with van der Waals surface area (Å²) in [5, 5.41) is 3.69. The zero-order valence-electron chi connectivity index (χ0n) is 9.40. The minimum absolute atomic E-state index is 0.264. The van der Waals surface area contributed by atoms with E-state index < -0.39 is 0 Å². The lowest BCUT2D eigenvalue weighted by molar-refractivity contribution is 0.174. The van der Waals surface area contributed by atoms with Crippen LogP contribution in [0.15, 0.2) is 22.7 Å². The summed E-state index contributed by atoms with van der Waals surface area (Å²) >= 11 is 0. The number of aryl methyl sites for hydroxylation is 1. The third-order valence-corrected chi connectivity index (χ3v) is 2.77. The maximum atomic E-state index is 5.56. The van der Waals surface area contributed by atoms with Gasteiger partial charge >= 0.3 is 0 Å². The maximum Gasteiger partial charge on any atom is 0.231 e. The van der Waals surface area contributed by atoms with E-state index >= 15 is 0 Å². The van der Waals surface area contributed by atoms with E-state index in [1.165, 1.54) is 0 Å². The lowest BCUT2D eigenvalue weighted by atomic mass is 10.0. The van der Waals surface area contributed by atoms with Crippen molar-refractivity contribution in [3.63, 3.8) is 0 Å². The molecule has 0 fully saturated rings. The number of fused-ring (bicyclic) bond motifs is 1. The molecule has 1 aliphatic rings. The molecule has 0 aliphatic carbocycles. The number of aromatic nitrogens is 1. The predicted molar refractivity (Wildman–Crippen MR) is 61.9 cm³/mol. The molecule has 0 atom stereocenters. The minimum Gasteiger partial charge on any atom is -0.454 e. The fraction of sp³-hybridized carbons (Fsp3) is 0.250. The first kappa shape index (κ1) is 10.0. The molecule has 2 N–H and O–H groups in total. The van der Waals surface area contributed by atoms with Gasteiger partial charge in [0.15, 0.2) is 23.1 Å². The lowest BCUT2D eigenvalue weighted by Gasteiger charge is -2.06. The van der Waals surface area contributed by atoms with Gasteiger partial charge in [-0.05, 0) is 24.1 Å². The van der Waals surface area contributed by atoms with Crippen molar-refractivity contribution < 1.29 is 14.0 Å². The molecule has 1 aromatic heterocycles. The smallest absolute Gasteiger partial charge is 0.231 e. The van der Waals surface area contributed by atoms with Crippen LogP contribution in [0.2, 0.25) is 0 Å². The highest BCUT2D eigenvalue weighted by molar-refractivity contribution is 5.69. The predicted octanol–water partition coefficient (Wildman–Crippen LogP) is 2.21. The molecule has 0 unspecified atom stereocenters. The first-order valence-electron chi connectivity index (χ1n) is 5.43. The van der Waals surface area contributed by atoms with E-state index in [-0.39, 0.29) is 6.79 Å². The Morgan fingerprint density at radius 2 is 2.00 bits per heavy atom. The molecule has 17 heavy (non-hydrogen) atoms. The van der Waals surface area contributed by atoms with Gasteiger partial charge in [0.05, 0.1) is 0 Å². The van der Waals surface area contributed by atoms with Crippen molar-refractivity contribution in [3.8, 4) is 22.8 Å².